The summed E-state index contributed by atoms with van der Waals surface area (Å²) in [5, 5.41) is 0. The van der Waals surface area contributed by atoms with E-state index in [1.54, 1.807) is 6.26 Å². The maximum Gasteiger partial charge on any atom is 0.185 e. The molecule has 0 unspecified atom stereocenters. The molecule has 0 spiro atoms. The molecular weight excluding hydrogens is 164 g/mol. The Labute approximate surface area is 77.9 Å². The Bertz CT molecular complexity index is 334. The summed E-state index contributed by atoms with van der Waals surface area (Å²) in [4.78, 5) is 10.6. The Morgan fingerprint density at radius 2 is 2.31 bits per heavy atom. The van der Waals surface area contributed by atoms with Crippen LogP contribution >= 0.6 is 0 Å². The average molecular weight is 178 g/mol. The zero-order chi connectivity index (χ0) is 9.47. The summed E-state index contributed by atoms with van der Waals surface area (Å²) in [6.45, 7) is 4.51. The van der Waals surface area contributed by atoms with Gasteiger partial charge in [0.15, 0.2) is 12.0 Å². The Morgan fingerprint density at radius 1 is 1.54 bits per heavy atom. The Hall–Kier alpha value is -1.05. The van der Waals surface area contributed by atoms with Crippen molar-refractivity contribution in [2.24, 2.45) is 5.41 Å². The zero-order valence-corrected chi connectivity index (χ0v) is 8.09. The molecule has 0 amide bonds. The van der Waals surface area contributed by atoms with Gasteiger partial charge in [-0.2, -0.15) is 0 Å². The lowest BCUT2D eigenvalue weighted by Gasteiger charge is -2.28. The molecule has 13 heavy (non-hydrogen) atoms. The van der Waals surface area contributed by atoms with Gasteiger partial charge in [-0.25, -0.2) is 0 Å². The van der Waals surface area contributed by atoms with Crippen LogP contribution in [0.4, 0.5) is 0 Å². The minimum Gasteiger partial charge on any atom is -0.461 e. The van der Waals surface area contributed by atoms with E-state index in [0.717, 1.165) is 31.1 Å². The van der Waals surface area contributed by atoms with Crippen LogP contribution < -0.4 is 0 Å². The molecule has 0 fully saturated rings. The van der Waals surface area contributed by atoms with Gasteiger partial charge in [0.1, 0.15) is 0 Å². The molecule has 70 valence electrons. The standard InChI is InChI=1S/C11H14O2/c1-11(2)4-3-9-8(5-11)7-13-10(9)6-12/h6-7H,3-5H2,1-2H3. The van der Waals surface area contributed by atoms with E-state index < -0.39 is 0 Å². The van der Waals surface area contributed by atoms with Crippen molar-refractivity contribution in [1.82, 2.24) is 0 Å². The summed E-state index contributed by atoms with van der Waals surface area (Å²) < 4.78 is 5.19. The predicted molar refractivity (Wildman–Crippen MR) is 49.9 cm³/mol. The first kappa shape index (κ1) is 8.54. The first-order valence-electron chi connectivity index (χ1n) is 4.67. The van der Waals surface area contributed by atoms with Gasteiger partial charge in [-0.15, -0.1) is 0 Å². The summed E-state index contributed by atoms with van der Waals surface area (Å²) in [5.41, 5.74) is 2.71. The molecule has 0 bridgehead atoms. The van der Waals surface area contributed by atoms with Gasteiger partial charge in [-0.1, -0.05) is 13.8 Å². The molecule has 0 saturated heterocycles. The van der Waals surface area contributed by atoms with Crippen LogP contribution in [-0.2, 0) is 12.8 Å². The number of rotatable bonds is 1. The fraction of sp³-hybridized carbons (Fsp3) is 0.545. The third-order valence-corrected chi connectivity index (χ3v) is 2.84. The fourth-order valence-corrected chi connectivity index (χ4v) is 2.03. The Kier molecular flexibility index (Phi) is 1.79. The molecule has 0 aliphatic heterocycles. The van der Waals surface area contributed by atoms with Crippen LogP contribution in [0.25, 0.3) is 0 Å². The van der Waals surface area contributed by atoms with E-state index >= 15 is 0 Å². The topological polar surface area (TPSA) is 30.2 Å². The quantitative estimate of drug-likeness (QED) is 0.619. The van der Waals surface area contributed by atoms with Crippen LogP contribution in [0.2, 0.25) is 0 Å². The molecule has 1 aromatic rings. The van der Waals surface area contributed by atoms with Crippen molar-refractivity contribution >= 4 is 6.29 Å². The van der Waals surface area contributed by atoms with Crippen LogP contribution in [0.15, 0.2) is 10.7 Å². The molecule has 1 aliphatic carbocycles. The number of carbonyl (C=O) groups is 1. The van der Waals surface area contributed by atoms with Crippen molar-refractivity contribution in [2.45, 2.75) is 33.1 Å². The molecule has 2 nitrogen and oxygen atoms in total. The van der Waals surface area contributed by atoms with Crippen molar-refractivity contribution in [3.05, 3.63) is 23.2 Å². The molecule has 1 aliphatic rings. The van der Waals surface area contributed by atoms with E-state index in [1.165, 1.54) is 5.56 Å². The average Bonchev–Trinajstić information content (AvgIpc) is 2.44. The second kappa shape index (κ2) is 2.72. The molecule has 0 radical (unpaired) electrons. The molecule has 0 atom stereocenters. The number of aldehydes is 1. The first-order chi connectivity index (χ1) is 6.12. The molecule has 0 N–H and O–H groups in total. The van der Waals surface area contributed by atoms with Gasteiger partial charge in [0.05, 0.1) is 6.26 Å². The lowest BCUT2D eigenvalue weighted by Crippen LogP contribution is -2.21. The second-order valence-electron chi connectivity index (χ2n) is 4.56. The third-order valence-electron chi connectivity index (χ3n) is 2.84. The Balaban J connectivity index is 2.38. The number of hydrogen-bond acceptors (Lipinski definition) is 2. The lowest BCUT2D eigenvalue weighted by atomic mass is 9.75. The minimum atomic E-state index is 0.358. The van der Waals surface area contributed by atoms with Crippen LogP contribution in [0.3, 0.4) is 0 Å². The van der Waals surface area contributed by atoms with Crippen LogP contribution in [0.5, 0.6) is 0 Å². The number of hydrogen-bond donors (Lipinski definition) is 0. The molecular formula is C11H14O2. The van der Waals surface area contributed by atoms with Gasteiger partial charge < -0.3 is 4.42 Å². The van der Waals surface area contributed by atoms with Gasteiger partial charge in [0.2, 0.25) is 0 Å². The van der Waals surface area contributed by atoms with Crippen molar-refractivity contribution in [1.29, 1.82) is 0 Å². The van der Waals surface area contributed by atoms with E-state index in [2.05, 4.69) is 13.8 Å². The minimum absolute atomic E-state index is 0.358. The number of fused-ring (bicyclic) bond motifs is 1. The number of furan rings is 1. The highest BCUT2D eigenvalue weighted by atomic mass is 16.3. The van der Waals surface area contributed by atoms with Crippen LogP contribution in [0.1, 0.15) is 41.9 Å². The summed E-state index contributed by atoms with van der Waals surface area (Å²) >= 11 is 0. The molecule has 2 rings (SSSR count). The summed E-state index contributed by atoms with van der Waals surface area (Å²) in [6, 6.07) is 0. The smallest absolute Gasteiger partial charge is 0.185 e. The van der Waals surface area contributed by atoms with Crippen LogP contribution in [0, 0.1) is 5.41 Å². The number of carbonyl (C=O) groups excluding carboxylic acids is 1. The van der Waals surface area contributed by atoms with Gasteiger partial charge in [0, 0.05) is 5.56 Å². The molecule has 0 saturated carbocycles. The Morgan fingerprint density at radius 3 is 3.00 bits per heavy atom. The summed E-state index contributed by atoms with van der Waals surface area (Å²) in [5.74, 6) is 0.533. The van der Waals surface area contributed by atoms with Gasteiger partial charge in [-0.3, -0.25) is 4.79 Å². The van der Waals surface area contributed by atoms with Crippen molar-refractivity contribution in [3.63, 3.8) is 0 Å². The predicted octanol–water partition coefficient (Wildman–Crippen LogP) is 2.61. The van der Waals surface area contributed by atoms with E-state index in [1.807, 2.05) is 0 Å². The lowest BCUT2D eigenvalue weighted by molar-refractivity contribution is 0.109. The largest absolute Gasteiger partial charge is 0.461 e. The van der Waals surface area contributed by atoms with E-state index in [0.29, 0.717) is 11.2 Å². The van der Waals surface area contributed by atoms with E-state index in [-0.39, 0.29) is 0 Å². The summed E-state index contributed by atoms with van der Waals surface area (Å²) in [6.07, 6.45) is 5.70. The summed E-state index contributed by atoms with van der Waals surface area (Å²) in [7, 11) is 0. The molecule has 2 heteroatoms. The van der Waals surface area contributed by atoms with E-state index in [4.69, 9.17) is 4.42 Å². The van der Waals surface area contributed by atoms with Crippen LogP contribution in [-0.4, -0.2) is 6.29 Å². The third kappa shape index (κ3) is 1.41. The SMILES string of the molecule is CC1(C)CCc2c(coc2C=O)C1. The highest BCUT2D eigenvalue weighted by molar-refractivity contribution is 5.74. The van der Waals surface area contributed by atoms with Gasteiger partial charge >= 0.3 is 0 Å². The highest BCUT2D eigenvalue weighted by Gasteiger charge is 2.28. The second-order valence-corrected chi connectivity index (χ2v) is 4.56. The molecule has 1 heterocycles. The van der Waals surface area contributed by atoms with Crippen molar-refractivity contribution in [3.8, 4) is 0 Å². The van der Waals surface area contributed by atoms with Crippen molar-refractivity contribution < 1.29 is 9.21 Å². The van der Waals surface area contributed by atoms with E-state index in [9.17, 15) is 4.79 Å². The van der Waals surface area contributed by atoms with Crippen molar-refractivity contribution in [2.75, 3.05) is 0 Å². The van der Waals surface area contributed by atoms with Gasteiger partial charge in [-0.05, 0) is 30.2 Å². The fourth-order valence-electron chi connectivity index (χ4n) is 2.03. The normalized spacial score (nSPS) is 19.5. The first-order valence-corrected chi connectivity index (χ1v) is 4.67. The highest BCUT2D eigenvalue weighted by Crippen LogP contribution is 2.36. The van der Waals surface area contributed by atoms with Gasteiger partial charge in [0.25, 0.3) is 0 Å². The monoisotopic (exact) mass is 178 g/mol. The maximum atomic E-state index is 10.6. The molecule has 1 aromatic heterocycles. The molecule has 0 aromatic carbocycles. The maximum absolute atomic E-state index is 10.6. The zero-order valence-electron chi connectivity index (χ0n) is 8.09.